The van der Waals surface area contributed by atoms with Crippen LogP contribution in [-0.2, 0) is 6.42 Å². The molecule has 0 fully saturated rings. The van der Waals surface area contributed by atoms with Gasteiger partial charge in [-0.3, -0.25) is 0 Å². The largest absolute Gasteiger partial charge is 0.316 e. The lowest BCUT2D eigenvalue weighted by Crippen LogP contribution is -2.34. The van der Waals surface area contributed by atoms with E-state index in [4.69, 9.17) is 12.2 Å². The lowest BCUT2D eigenvalue weighted by molar-refractivity contribution is 0.575. The second-order valence-corrected chi connectivity index (χ2v) is 3.20. The van der Waals surface area contributed by atoms with Crippen molar-refractivity contribution < 1.29 is 8.78 Å². The third-order valence-corrected chi connectivity index (χ3v) is 1.88. The van der Waals surface area contributed by atoms with E-state index in [-0.39, 0.29) is 6.42 Å². The topological polar surface area (TPSA) is 24.1 Å². The molecule has 2 nitrogen and oxygen atoms in total. The first-order valence-corrected chi connectivity index (χ1v) is 4.44. The van der Waals surface area contributed by atoms with Gasteiger partial charge in [0, 0.05) is 19.5 Å². The molecule has 1 aromatic carbocycles. The fourth-order valence-electron chi connectivity index (χ4n) is 1.02. The maximum absolute atomic E-state index is 13.1. The highest BCUT2D eigenvalue weighted by Gasteiger charge is 2.05. The van der Waals surface area contributed by atoms with E-state index in [9.17, 15) is 8.78 Å². The summed E-state index contributed by atoms with van der Waals surface area (Å²) in [6, 6.07) is 3.44. The SMILES string of the molecule is CNNC(=S)Cc1ccc(F)cc1F. The number of hydrazine groups is 1. The summed E-state index contributed by atoms with van der Waals surface area (Å²) in [5.74, 6) is -1.16. The molecule has 0 saturated heterocycles. The van der Waals surface area contributed by atoms with Crippen LogP contribution in [0.4, 0.5) is 8.78 Å². The molecular formula is C9H10F2N2S. The minimum atomic E-state index is -0.584. The highest BCUT2D eigenvalue weighted by atomic mass is 32.1. The van der Waals surface area contributed by atoms with Gasteiger partial charge in [0.2, 0.25) is 0 Å². The van der Waals surface area contributed by atoms with Crippen LogP contribution in [0.3, 0.4) is 0 Å². The van der Waals surface area contributed by atoms with E-state index in [0.717, 1.165) is 6.07 Å². The van der Waals surface area contributed by atoms with Crippen LogP contribution in [0.1, 0.15) is 5.56 Å². The Kier molecular flexibility index (Phi) is 3.91. The molecule has 0 radical (unpaired) electrons. The molecule has 0 saturated carbocycles. The second kappa shape index (κ2) is 4.97. The van der Waals surface area contributed by atoms with Crippen LogP contribution in [0, 0.1) is 11.6 Å². The first-order chi connectivity index (χ1) is 6.63. The van der Waals surface area contributed by atoms with Gasteiger partial charge in [-0.25, -0.2) is 14.2 Å². The average Bonchev–Trinajstić information content (AvgIpc) is 2.10. The maximum atomic E-state index is 13.1. The van der Waals surface area contributed by atoms with Crippen molar-refractivity contribution in [2.75, 3.05) is 7.05 Å². The quantitative estimate of drug-likeness (QED) is 0.592. The third kappa shape index (κ3) is 3.01. The van der Waals surface area contributed by atoms with Crippen LogP contribution >= 0.6 is 12.2 Å². The number of thiocarbonyl (C=S) groups is 1. The Hall–Kier alpha value is -1.07. The number of halogens is 2. The van der Waals surface area contributed by atoms with Crippen LogP contribution in [0.15, 0.2) is 18.2 Å². The first kappa shape index (κ1) is 11.0. The minimum absolute atomic E-state index is 0.252. The van der Waals surface area contributed by atoms with E-state index in [0.29, 0.717) is 10.6 Å². The highest BCUT2D eigenvalue weighted by molar-refractivity contribution is 7.80. The van der Waals surface area contributed by atoms with E-state index in [2.05, 4.69) is 10.9 Å². The predicted octanol–water partition coefficient (Wildman–Crippen LogP) is 1.56. The average molecular weight is 216 g/mol. The fraction of sp³-hybridized carbons (Fsp3) is 0.222. The summed E-state index contributed by atoms with van der Waals surface area (Å²) in [5.41, 5.74) is 5.66. The van der Waals surface area contributed by atoms with Crippen LogP contribution in [0.25, 0.3) is 0 Å². The van der Waals surface area contributed by atoms with Gasteiger partial charge < -0.3 is 5.43 Å². The molecular weight excluding hydrogens is 206 g/mol. The molecule has 0 spiro atoms. The summed E-state index contributed by atoms with van der Waals surface area (Å²) in [5, 5.41) is 0. The summed E-state index contributed by atoms with van der Waals surface area (Å²) in [7, 11) is 1.66. The second-order valence-electron chi connectivity index (χ2n) is 2.71. The van der Waals surface area contributed by atoms with Crippen molar-refractivity contribution in [2.45, 2.75) is 6.42 Å². The van der Waals surface area contributed by atoms with Crippen molar-refractivity contribution in [3.63, 3.8) is 0 Å². The zero-order chi connectivity index (χ0) is 10.6. The molecule has 0 unspecified atom stereocenters. The highest BCUT2D eigenvalue weighted by Crippen LogP contribution is 2.10. The number of rotatable bonds is 3. The Labute approximate surface area is 86.3 Å². The molecule has 1 rings (SSSR count). The smallest absolute Gasteiger partial charge is 0.129 e. The van der Waals surface area contributed by atoms with Crippen molar-refractivity contribution >= 4 is 17.2 Å². The molecule has 0 amide bonds. The van der Waals surface area contributed by atoms with Crippen molar-refractivity contribution in [2.24, 2.45) is 0 Å². The molecule has 0 aliphatic rings. The molecule has 0 atom stereocenters. The lowest BCUT2D eigenvalue weighted by Gasteiger charge is -2.06. The number of nitrogens with one attached hydrogen (secondary N) is 2. The first-order valence-electron chi connectivity index (χ1n) is 4.03. The Balaban J connectivity index is 2.72. The van der Waals surface area contributed by atoms with Crippen LogP contribution in [0.5, 0.6) is 0 Å². The van der Waals surface area contributed by atoms with Crippen LogP contribution in [0.2, 0.25) is 0 Å². The zero-order valence-corrected chi connectivity index (χ0v) is 8.42. The third-order valence-electron chi connectivity index (χ3n) is 1.63. The molecule has 5 heteroatoms. The van der Waals surface area contributed by atoms with E-state index >= 15 is 0 Å². The number of hydrogen-bond acceptors (Lipinski definition) is 2. The predicted molar refractivity (Wildman–Crippen MR) is 54.9 cm³/mol. The van der Waals surface area contributed by atoms with Gasteiger partial charge in [0.15, 0.2) is 0 Å². The van der Waals surface area contributed by atoms with Crippen molar-refractivity contribution in [3.05, 3.63) is 35.4 Å². The lowest BCUT2D eigenvalue weighted by atomic mass is 10.1. The van der Waals surface area contributed by atoms with Crippen molar-refractivity contribution in [3.8, 4) is 0 Å². The summed E-state index contributed by atoms with van der Waals surface area (Å²) in [4.78, 5) is 0.456. The maximum Gasteiger partial charge on any atom is 0.129 e. The van der Waals surface area contributed by atoms with Crippen molar-refractivity contribution in [1.29, 1.82) is 0 Å². The number of benzene rings is 1. The summed E-state index contributed by atoms with van der Waals surface area (Å²) >= 11 is 4.89. The van der Waals surface area contributed by atoms with E-state index in [1.807, 2.05) is 0 Å². The van der Waals surface area contributed by atoms with Gasteiger partial charge in [-0.2, -0.15) is 0 Å². The zero-order valence-electron chi connectivity index (χ0n) is 7.60. The van der Waals surface area contributed by atoms with Gasteiger partial charge in [-0.05, 0) is 11.6 Å². The monoisotopic (exact) mass is 216 g/mol. The Bertz CT molecular complexity index is 342. The Morgan fingerprint density at radius 1 is 1.43 bits per heavy atom. The Morgan fingerprint density at radius 2 is 2.14 bits per heavy atom. The van der Waals surface area contributed by atoms with Gasteiger partial charge >= 0.3 is 0 Å². The molecule has 0 bridgehead atoms. The van der Waals surface area contributed by atoms with Gasteiger partial charge in [-0.15, -0.1) is 0 Å². The van der Waals surface area contributed by atoms with Crippen molar-refractivity contribution in [1.82, 2.24) is 10.9 Å². The summed E-state index contributed by atoms with van der Waals surface area (Å²) in [6.45, 7) is 0. The van der Waals surface area contributed by atoms with E-state index in [1.165, 1.54) is 12.1 Å². The normalized spacial score (nSPS) is 9.93. The van der Waals surface area contributed by atoms with E-state index in [1.54, 1.807) is 7.05 Å². The number of hydrogen-bond donors (Lipinski definition) is 2. The standard InChI is InChI=1S/C9H10F2N2S/c1-12-13-9(14)4-6-2-3-7(10)5-8(6)11/h2-3,5,12H,4H2,1H3,(H,13,14). The van der Waals surface area contributed by atoms with Gasteiger partial charge in [0.25, 0.3) is 0 Å². The molecule has 0 aliphatic carbocycles. The molecule has 76 valence electrons. The molecule has 1 aromatic rings. The Morgan fingerprint density at radius 3 is 2.71 bits per heavy atom. The molecule has 2 N–H and O–H groups in total. The molecule has 0 aliphatic heterocycles. The fourth-order valence-corrected chi connectivity index (χ4v) is 1.28. The van der Waals surface area contributed by atoms with Crippen LogP contribution < -0.4 is 10.9 Å². The molecule has 0 aromatic heterocycles. The summed E-state index contributed by atoms with van der Waals surface area (Å²) < 4.78 is 25.6. The van der Waals surface area contributed by atoms with Crippen LogP contribution in [-0.4, -0.2) is 12.0 Å². The van der Waals surface area contributed by atoms with Gasteiger partial charge in [0.05, 0.1) is 4.99 Å². The van der Waals surface area contributed by atoms with Gasteiger partial charge in [0.1, 0.15) is 11.6 Å². The summed E-state index contributed by atoms with van der Waals surface area (Å²) in [6.07, 6.45) is 0.252. The van der Waals surface area contributed by atoms with E-state index < -0.39 is 11.6 Å². The molecule has 14 heavy (non-hydrogen) atoms. The van der Waals surface area contributed by atoms with Gasteiger partial charge in [-0.1, -0.05) is 18.3 Å². The molecule has 0 heterocycles. The minimum Gasteiger partial charge on any atom is -0.316 e.